The highest BCUT2D eigenvalue weighted by molar-refractivity contribution is 8.00. The van der Waals surface area contributed by atoms with E-state index in [9.17, 15) is 19.6 Å². The van der Waals surface area contributed by atoms with Crippen molar-refractivity contribution in [1.82, 2.24) is 26.6 Å². The zero-order valence-corrected chi connectivity index (χ0v) is 36.8. The summed E-state index contributed by atoms with van der Waals surface area (Å²) in [5.74, 6) is 3.03. The first-order valence-electron chi connectivity index (χ1n) is 21.0. The van der Waals surface area contributed by atoms with Gasteiger partial charge in [0.15, 0.2) is 11.5 Å². The normalized spacial score (nSPS) is 17.6. The Kier molecular flexibility index (Phi) is 14.7. The number of unbranched alkanes of at least 4 members (excludes halogenated alkanes) is 1. The fraction of sp³-hybridized carbons (Fsp3) is 0.404. The number of thioether (sulfide) groups is 1. The van der Waals surface area contributed by atoms with Gasteiger partial charge in [0.25, 0.3) is 0 Å². The number of urea groups is 1. The number of amides is 4. The van der Waals surface area contributed by atoms with E-state index in [1.807, 2.05) is 54.2 Å². The molecule has 4 amide bonds. The molecular weight excluding hydrogens is 828 g/mol. The highest BCUT2D eigenvalue weighted by Crippen LogP contribution is 2.38. The van der Waals surface area contributed by atoms with Gasteiger partial charge in [0.1, 0.15) is 37.9 Å². The van der Waals surface area contributed by atoms with Crippen LogP contribution >= 0.6 is 23.4 Å². The lowest BCUT2D eigenvalue weighted by Crippen LogP contribution is -2.53. The quantitative estimate of drug-likeness (QED) is 0.0491. The molecule has 0 aromatic heterocycles. The zero-order chi connectivity index (χ0) is 43.6. The van der Waals surface area contributed by atoms with Gasteiger partial charge in [-0.05, 0) is 91.8 Å². The molecule has 3 aliphatic rings. The van der Waals surface area contributed by atoms with E-state index < -0.39 is 5.54 Å². The van der Waals surface area contributed by atoms with Crippen LogP contribution in [0.5, 0.6) is 23.0 Å². The number of benzene rings is 4. The van der Waals surface area contributed by atoms with Gasteiger partial charge in [-0.1, -0.05) is 54.4 Å². The lowest BCUT2D eigenvalue weighted by Gasteiger charge is -2.26. The predicted octanol–water partition coefficient (Wildman–Crippen LogP) is 6.94. The van der Waals surface area contributed by atoms with Crippen molar-refractivity contribution in [2.75, 3.05) is 32.1 Å². The van der Waals surface area contributed by atoms with Gasteiger partial charge in [0, 0.05) is 48.7 Å². The van der Waals surface area contributed by atoms with Crippen LogP contribution in [0.4, 0.5) is 4.79 Å². The van der Waals surface area contributed by atoms with Crippen LogP contribution in [0.1, 0.15) is 67.3 Å². The van der Waals surface area contributed by atoms with Gasteiger partial charge in [0.2, 0.25) is 11.8 Å². The van der Waals surface area contributed by atoms with E-state index in [1.54, 1.807) is 38.1 Å². The van der Waals surface area contributed by atoms with Gasteiger partial charge >= 0.3 is 6.03 Å². The van der Waals surface area contributed by atoms with Crippen molar-refractivity contribution < 1.29 is 33.3 Å². The number of carbonyl (C=O) groups is 3. The third-order valence-corrected chi connectivity index (χ3v) is 13.2. The number of nitriles is 1. The van der Waals surface area contributed by atoms with Gasteiger partial charge in [-0.2, -0.15) is 17.0 Å². The Hall–Kier alpha value is -5.62. The first-order chi connectivity index (χ1) is 30.0. The topological polar surface area (TPSA) is 172 Å². The lowest BCUT2D eigenvalue weighted by atomic mass is 9.96. The Bertz CT molecular complexity index is 2320. The molecule has 4 aromatic carbocycles. The second-order valence-corrected chi connectivity index (χ2v) is 17.9. The van der Waals surface area contributed by atoms with Crippen LogP contribution in [0.15, 0.2) is 72.8 Å². The molecule has 0 saturated carbocycles. The zero-order valence-electron chi connectivity index (χ0n) is 35.2. The van der Waals surface area contributed by atoms with Crippen LogP contribution in [0, 0.1) is 18.3 Å². The average Bonchev–Trinajstić information content (AvgIpc) is 3.84. The summed E-state index contributed by atoms with van der Waals surface area (Å²) in [6, 6.07) is 25.2. The minimum absolute atomic E-state index is 0.0548. The van der Waals surface area contributed by atoms with E-state index in [0.29, 0.717) is 59.1 Å². The summed E-state index contributed by atoms with van der Waals surface area (Å²) in [6.45, 7) is 7.94. The predicted molar refractivity (Wildman–Crippen MR) is 240 cm³/mol. The first kappa shape index (κ1) is 44.4. The molecule has 62 heavy (non-hydrogen) atoms. The molecule has 326 valence electrons. The minimum atomic E-state index is -0.991. The van der Waals surface area contributed by atoms with Crippen LogP contribution in [-0.4, -0.2) is 72.8 Å². The largest absolute Gasteiger partial charge is 0.488 e. The summed E-state index contributed by atoms with van der Waals surface area (Å²) >= 11 is 8.75. The highest BCUT2D eigenvalue weighted by atomic mass is 35.5. The second-order valence-electron chi connectivity index (χ2n) is 16.2. The van der Waals surface area contributed by atoms with Crippen molar-refractivity contribution in [3.63, 3.8) is 0 Å². The molecule has 2 fully saturated rings. The van der Waals surface area contributed by atoms with Crippen molar-refractivity contribution in [2.24, 2.45) is 0 Å². The number of hydrogen-bond acceptors (Lipinski definition) is 10. The number of carbonyl (C=O) groups excluding carboxylic acids is 3. The van der Waals surface area contributed by atoms with E-state index in [0.717, 1.165) is 64.3 Å². The maximum atomic E-state index is 13.3. The molecule has 3 atom stereocenters. The van der Waals surface area contributed by atoms with Crippen molar-refractivity contribution in [1.29, 1.82) is 5.26 Å². The molecular formula is C47H53ClN6O7S. The van der Waals surface area contributed by atoms with Crippen LogP contribution < -0.4 is 45.5 Å². The number of halogens is 1. The van der Waals surface area contributed by atoms with Crippen molar-refractivity contribution in [3.8, 4) is 40.2 Å². The third kappa shape index (κ3) is 11.2. The van der Waals surface area contributed by atoms with E-state index in [4.69, 9.17) is 30.5 Å². The molecule has 0 radical (unpaired) electrons. The van der Waals surface area contributed by atoms with Crippen molar-refractivity contribution in [3.05, 3.63) is 106 Å². The van der Waals surface area contributed by atoms with Crippen LogP contribution in [-0.2, 0) is 29.3 Å². The summed E-state index contributed by atoms with van der Waals surface area (Å²) in [5, 5.41) is 25.3. The second kappa shape index (κ2) is 20.5. The van der Waals surface area contributed by atoms with Gasteiger partial charge in [-0.3, -0.25) is 14.9 Å². The Balaban J connectivity index is 0.931. The number of fused-ring (bicyclic) bond motifs is 2. The van der Waals surface area contributed by atoms with Gasteiger partial charge < -0.3 is 40.2 Å². The smallest absolute Gasteiger partial charge is 0.315 e. The van der Waals surface area contributed by atoms with Crippen LogP contribution in [0.25, 0.3) is 11.1 Å². The standard InChI is InChI=1S/C47H53ClN6O7S/c1-29-33(10-7-11-35(29)32-14-15-38-41(22-32)59-19-18-58-38)27-61-40-23-39(60-26-31-9-6-8-30(20-31)24-49)34(21-36(40)48)25-52-47(2,3)45(56)51-17-16-50-43(55)13-5-4-12-42-44-37(28-62-42)53-46(57)54-44/h6-11,14-15,20-23,37,42,44,52H,4-5,12-13,16-19,25-28H2,1-3H3,(H,50,55)(H,51,56)(H2,53,54,57)/t37-,42-,44-/m1/s1. The summed E-state index contributed by atoms with van der Waals surface area (Å²) in [4.78, 5) is 37.5. The number of hydrogen-bond donors (Lipinski definition) is 5. The van der Waals surface area contributed by atoms with E-state index in [1.165, 1.54) is 0 Å². The molecule has 2 saturated heterocycles. The van der Waals surface area contributed by atoms with Gasteiger partial charge in [0.05, 0.1) is 34.3 Å². The Morgan fingerprint density at radius 2 is 1.71 bits per heavy atom. The van der Waals surface area contributed by atoms with Gasteiger partial charge in [-0.15, -0.1) is 0 Å². The number of rotatable bonds is 19. The lowest BCUT2D eigenvalue weighted by molar-refractivity contribution is -0.127. The van der Waals surface area contributed by atoms with Gasteiger partial charge in [-0.25, -0.2) is 4.79 Å². The molecule has 0 unspecified atom stereocenters. The maximum absolute atomic E-state index is 13.3. The summed E-state index contributed by atoms with van der Waals surface area (Å²) in [5.41, 5.74) is 5.16. The molecule has 0 spiro atoms. The van der Waals surface area contributed by atoms with Crippen molar-refractivity contribution in [2.45, 2.75) is 89.1 Å². The molecule has 3 heterocycles. The first-order valence-corrected chi connectivity index (χ1v) is 22.4. The van der Waals surface area contributed by atoms with Crippen molar-refractivity contribution >= 4 is 41.2 Å². The van der Waals surface area contributed by atoms with Crippen LogP contribution in [0.3, 0.4) is 0 Å². The molecule has 13 nitrogen and oxygen atoms in total. The number of nitrogens with zero attached hydrogens (tertiary/aromatic N) is 1. The summed E-state index contributed by atoms with van der Waals surface area (Å²) in [6.07, 6.45) is 3.03. The molecule has 15 heteroatoms. The number of nitrogens with one attached hydrogen (secondary N) is 5. The van der Waals surface area contributed by atoms with E-state index >= 15 is 0 Å². The maximum Gasteiger partial charge on any atom is 0.315 e. The average molecular weight is 881 g/mol. The molecule has 0 bridgehead atoms. The van der Waals surface area contributed by atoms with Crippen LogP contribution in [0.2, 0.25) is 5.02 Å². The molecule has 7 rings (SSSR count). The monoisotopic (exact) mass is 880 g/mol. The minimum Gasteiger partial charge on any atom is -0.488 e. The summed E-state index contributed by atoms with van der Waals surface area (Å²) < 4.78 is 24.3. The fourth-order valence-electron chi connectivity index (χ4n) is 7.73. The SMILES string of the molecule is Cc1c(COc2cc(OCc3cccc(C#N)c3)c(CNC(C)(C)C(=O)NCCNC(=O)CCCC[C@H]3SC[C@H]4NC(=O)N[C@H]43)cc2Cl)cccc1-c1ccc2c(c1)OCCO2. The Morgan fingerprint density at radius 1 is 0.919 bits per heavy atom. The van der Waals surface area contributed by atoms with E-state index in [2.05, 4.69) is 45.6 Å². The highest BCUT2D eigenvalue weighted by Gasteiger charge is 2.42. The van der Waals surface area contributed by atoms with E-state index in [-0.39, 0.29) is 56.2 Å². The number of ether oxygens (including phenoxy) is 4. The Labute approximate surface area is 371 Å². The fourth-order valence-corrected chi connectivity index (χ4v) is 9.51. The molecule has 5 N–H and O–H groups in total. The third-order valence-electron chi connectivity index (χ3n) is 11.3. The summed E-state index contributed by atoms with van der Waals surface area (Å²) in [7, 11) is 0. The molecule has 0 aliphatic carbocycles. The molecule has 4 aromatic rings. The Morgan fingerprint density at radius 3 is 2.55 bits per heavy atom. The molecule has 3 aliphatic heterocycles.